The number of piperazine rings is 1. The van der Waals surface area contributed by atoms with Crippen LogP contribution in [0.5, 0.6) is 0 Å². The maximum Gasteiger partial charge on any atom is 0.246 e. The molecule has 1 fully saturated rings. The summed E-state index contributed by atoms with van der Waals surface area (Å²) in [5.41, 5.74) is 6.15. The van der Waals surface area contributed by atoms with Crippen LogP contribution in [0.25, 0.3) is 6.08 Å². The minimum atomic E-state index is -0.373. The third kappa shape index (κ3) is 5.06. The van der Waals surface area contributed by atoms with E-state index in [4.69, 9.17) is 5.73 Å². The number of anilines is 1. The number of carbonyl (C=O) groups is 2. The molecule has 2 N–H and O–H groups in total. The van der Waals surface area contributed by atoms with Gasteiger partial charge in [0.15, 0.2) is 4.34 Å². The molecule has 7 nitrogen and oxygen atoms in total. The highest BCUT2D eigenvalue weighted by atomic mass is 32.2. The number of nitrogens with two attached hydrogens (primary N) is 1. The van der Waals surface area contributed by atoms with E-state index in [1.807, 2.05) is 41.3 Å². The van der Waals surface area contributed by atoms with E-state index < -0.39 is 0 Å². The molecule has 1 aromatic carbocycles. The van der Waals surface area contributed by atoms with E-state index in [9.17, 15) is 9.59 Å². The molecule has 136 valence electrons. The smallest absolute Gasteiger partial charge is 0.246 e. The molecule has 0 aliphatic carbocycles. The van der Waals surface area contributed by atoms with Crippen LogP contribution in [0.15, 0.2) is 40.7 Å². The lowest BCUT2D eigenvalue weighted by Crippen LogP contribution is -2.48. The average molecular weight is 390 g/mol. The molecule has 0 unspecified atom stereocenters. The van der Waals surface area contributed by atoms with Gasteiger partial charge in [-0.1, -0.05) is 53.4 Å². The van der Waals surface area contributed by atoms with Gasteiger partial charge in [-0.15, -0.1) is 10.2 Å². The molecule has 0 spiro atoms. The summed E-state index contributed by atoms with van der Waals surface area (Å²) in [7, 11) is 0. The van der Waals surface area contributed by atoms with Crippen molar-refractivity contribution in [3.05, 3.63) is 42.0 Å². The molecule has 9 heteroatoms. The van der Waals surface area contributed by atoms with Gasteiger partial charge in [-0.3, -0.25) is 9.59 Å². The summed E-state index contributed by atoms with van der Waals surface area (Å²) in [5.74, 6) is -0.157. The first-order chi connectivity index (χ1) is 12.6. The van der Waals surface area contributed by atoms with Crippen molar-refractivity contribution < 1.29 is 9.59 Å². The van der Waals surface area contributed by atoms with E-state index >= 15 is 0 Å². The van der Waals surface area contributed by atoms with Crippen LogP contribution >= 0.6 is 23.1 Å². The van der Waals surface area contributed by atoms with Crippen LogP contribution in [0.1, 0.15) is 5.56 Å². The molecule has 2 aromatic rings. The van der Waals surface area contributed by atoms with Crippen LogP contribution in [0.4, 0.5) is 5.13 Å². The normalized spacial score (nSPS) is 14.8. The number of amides is 2. The number of thioether (sulfide) groups is 1. The molecular formula is C17H19N5O2S2. The Morgan fingerprint density at radius 1 is 1.15 bits per heavy atom. The highest BCUT2D eigenvalue weighted by Crippen LogP contribution is 2.28. The van der Waals surface area contributed by atoms with Gasteiger partial charge in [0.2, 0.25) is 16.9 Å². The molecule has 1 aliphatic rings. The van der Waals surface area contributed by atoms with Gasteiger partial charge in [0.05, 0.1) is 5.75 Å². The second kappa shape index (κ2) is 8.81. The minimum absolute atomic E-state index is 0.0171. The topological polar surface area (TPSA) is 92.4 Å². The van der Waals surface area contributed by atoms with E-state index in [0.717, 1.165) is 15.0 Å². The van der Waals surface area contributed by atoms with Gasteiger partial charge in [0, 0.05) is 32.3 Å². The molecule has 0 atom stereocenters. The molecule has 2 amide bonds. The Labute approximate surface area is 159 Å². The maximum absolute atomic E-state index is 12.3. The van der Waals surface area contributed by atoms with Gasteiger partial charge in [0.1, 0.15) is 0 Å². The number of nitrogens with zero attached hydrogens (tertiary/aromatic N) is 4. The molecule has 0 radical (unpaired) electrons. The Morgan fingerprint density at radius 3 is 2.58 bits per heavy atom. The van der Waals surface area contributed by atoms with E-state index in [1.54, 1.807) is 6.08 Å². The summed E-state index contributed by atoms with van der Waals surface area (Å²) in [5, 5.41) is 9.05. The van der Waals surface area contributed by atoms with E-state index in [1.165, 1.54) is 23.1 Å². The molecule has 1 aromatic heterocycles. The summed E-state index contributed by atoms with van der Waals surface area (Å²) in [4.78, 5) is 27.1. The van der Waals surface area contributed by atoms with Gasteiger partial charge in [-0.05, 0) is 11.6 Å². The highest BCUT2D eigenvalue weighted by Gasteiger charge is 2.22. The second-order valence-corrected chi connectivity index (χ2v) is 7.84. The van der Waals surface area contributed by atoms with Crippen molar-refractivity contribution in [3.63, 3.8) is 0 Å². The second-order valence-electron chi connectivity index (χ2n) is 5.66. The number of benzene rings is 1. The van der Waals surface area contributed by atoms with Crippen molar-refractivity contribution in [2.75, 3.05) is 36.8 Å². The van der Waals surface area contributed by atoms with Crippen molar-refractivity contribution in [2.24, 2.45) is 5.73 Å². The molecule has 0 saturated carbocycles. The van der Waals surface area contributed by atoms with Crippen molar-refractivity contribution in [1.29, 1.82) is 0 Å². The number of rotatable bonds is 6. The summed E-state index contributed by atoms with van der Waals surface area (Å²) in [6.45, 7) is 2.70. The van der Waals surface area contributed by atoms with Gasteiger partial charge < -0.3 is 15.5 Å². The number of hydrogen-bond acceptors (Lipinski definition) is 7. The van der Waals surface area contributed by atoms with Crippen LogP contribution in [-0.4, -0.2) is 58.8 Å². The third-order valence-electron chi connectivity index (χ3n) is 3.81. The van der Waals surface area contributed by atoms with Gasteiger partial charge in [-0.25, -0.2) is 0 Å². The Balaban J connectivity index is 1.50. The zero-order valence-corrected chi connectivity index (χ0v) is 15.7. The maximum atomic E-state index is 12.3. The number of primary amides is 1. The first-order valence-corrected chi connectivity index (χ1v) is 9.93. The van der Waals surface area contributed by atoms with Crippen LogP contribution < -0.4 is 10.6 Å². The van der Waals surface area contributed by atoms with Gasteiger partial charge in [-0.2, -0.15) is 0 Å². The van der Waals surface area contributed by atoms with E-state index in [0.29, 0.717) is 26.2 Å². The fraction of sp³-hybridized carbons (Fsp3) is 0.294. The first kappa shape index (κ1) is 18.4. The Morgan fingerprint density at radius 2 is 1.88 bits per heavy atom. The minimum Gasteiger partial charge on any atom is -0.369 e. The van der Waals surface area contributed by atoms with Crippen LogP contribution in [0.2, 0.25) is 0 Å². The predicted octanol–water partition coefficient (Wildman–Crippen LogP) is 1.48. The molecule has 0 bridgehead atoms. The molecule has 1 aliphatic heterocycles. The summed E-state index contributed by atoms with van der Waals surface area (Å²) in [6.07, 6.45) is 3.45. The van der Waals surface area contributed by atoms with Gasteiger partial charge >= 0.3 is 0 Å². The lowest BCUT2D eigenvalue weighted by atomic mass is 10.2. The summed E-state index contributed by atoms with van der Waals surface area (Å²) >= 11 is 2.73. The average Bonchev–Trinajstić information content (AvgIpc) is 3.14. The molecule has 26 heavy (non-hydrogen) atoms. The lowest BCUT2D eigenvalue weighted by molar-refractivity contribution is -0.126. The zero-order valence-electron chi connectivity index (χ0n) is 14.1. The fourth-order valence-corrected chi connectivity index (χ4v) is 4.11. The van der Waals surface area contributed by atoms with Crippen LogP contribution in [0, 0.1) is 0 Å². The molecular weight excluding hydrogens is 370 g/mol. The van der Waals surface area contributed by atoms with Gasteiger partial charge in [0.25, 0.3) is 0 Å². The van der Waals surface area contributed by atoms with E-state index in [-0.39, 0.29) is 17.6 Å². The largest absolute Gasteiger partial charge is 0.369 e. The Kier molecular flexibility index (Phi) is 6.24. The number of carbonyl (C=O) groups excluding carboxylic acids is 2. The molecule has 2 heterocycles. The number of aromatic nitrogens is 2. The van der Waals surface area contributed by atoms with Crippen molar-refractivity contribution >= 4 is 46.1 Å². The van der Waals surface area contributed by atoms with Crippen molar-refractivity contribution in [3.8, 4) is 0 Å². The van der Waals surface area contributed by atoms with E-state index in [2.05, 4.69) is 15.1 Å². The van der Waals surface area contributed by atoms with Crippen molar-refractivity contribution in [2.45, 2.75) is 4.34 Å². The quantitative estimate of drug-likeness (QED) is 0.594. The molecule has 1 saturated heterocycles. The standard InChI is InChI=1S/C17H19N5O2S2/c18-14(23)12-25-17-20-19-16(26-17)22-10-8-21(9-11-22)15(24)7-6-13-4-2-1-3-5-13/h1-7H,8-12H2,(H2,18,23). The number of hydrogen-bond donors (Lipinski definition) is 1. The highest BCUT2D eigenvalue weighted by molar-refractivity contribution is 8.01. The van der Waals surface area contributed by atoms with Crippen molar-refractivity contribution in [1.82, 2.24) is 15.1 Å². The molecule has 3 rings (SSSR count). The third-order valence-corrected chi connectivity index (χ3v) is 5.95. The zero-order chi connectivity index (χ0) is 18.4. The van der Waals surface area contributed by atoms with Crippen LogP contribution in [-0.2, 0) is 9.59 Å². The Hall–Kier alpha value is -2.39. The summed E-state index contributed by atoms with van der Waals surface area (Å²) in [6, 6.07) is 9.77. The van der Waals surface area contributed by atoms with Crippen LogP contribution in [0.3, 0.4) is 0 Å². The SMILES string of the molecule is NC(=O)CSc1nnc(N2CCN(C(=O)C=Cc3ccccc3)CC2)s1. The Bertz CT molecular complexity index is 785. The monoisotopic (exact) mass is 389 g/mol. The summed E-state index contributed by atoms with van der Waals surface area (Å²) < 4.78 is 0.725. The first-order valence-electron chi connectivity index (χ1n) is 8.13. The fourth-order valence-electron chi connectivity index (χ4n) is 2.48. The lowest BCUT2D eigenvalue weighted by Gasteiger charge is -2.33. The predicted molar refractivity (Wildman–Crippen MR) is 104 cm³/mol.